The number of sulfonamides is 1. The number of benzene rings is 2. The van der Waals surface area contributed by atoms with Gasteiger partial charge in [-0.25, -0.2) is 8.42 Å². The zero-order valence-electron chi connectivity index (χ0n) is 14.6. The summed E-state index contributed by atoms with van der Waals surface area (Å²) in [5.41, 5.74) is 7.50. The van der Waals surface area contributed by atoms with Crippen LogP contribution in [0.5, 0.6) is 0 Å². The third-order valence-corrected chi connectivity index (χ3v) is 5.77. The summed E-state index contributed by atoms with van der Waals surface area (Å²) in [5.74, 6) is -0.286. The van der Waals surface area contributed by atoms with Crippen LogP contribution in [0.4, 0.5) is 11.4 Å². The van der Waals surface area contributed by atoms with Crippen molar-refractivity contribution in [1.29, 1.82) is 0 Å². The maximum atomic E-state index is 12.7. The van der Waals surface area contributed by atoms with Crippen molar-refractivity contribution in [1.82, 2.24) is 0 Å². The van der Waals surface area contributed by atoms with Crippen LogP contribution in [0.2, 0.25) is 0 Å². The van der Waals surface area contributed by atoms with Gasteiger partial charge in [-0.3, -0.25) is 9.52 Å². The number of nitrogens with two attached hydrogens (primary N) is 1. The first-order valence-electron chi connectivity index (χ1n) is 8.00. The minimum atomic E-state index is -3.77. The number of anilines is 2. The Morgan fingerprint density at radius 2 is 1.77 bits per heavy atom. The SMILES string of the molecule is Cc1cccc(NS(=O)(=O)c2cc(NC(=O)C3(N)CC3)ccc2C)c1.Cl. The second-order valence-corrected chi connectivity index (χ2v) is 8.22. The average molecular weight is 396 g/mol. The molecule has 8 heteroatoms. The molecule has 1 fully saturated rings. The molecular weight excluding hydrogens is 374 g/mol. The number of hydrogen-bond acceptors (Lipinski definition) is 4. The van der Waals surface area contributed by atoms with Gasteiger partial charge in [-0.05, 0) is 62.1 Å². The zero-order valence-corrected chi connectivity index (χ0v) is 16.2. The van der Waals surface area contributed by atoms with Gasteiger partial charge in [0.15, 0.2) is 0 Å². The molecule has 1 aliphatic rings. The Kier molecular flexibility index (Phi) is 5.65. The Morgan fingerprint density at radius 1 is 1.08 bits per heavy atom. The predicted octanol–water partition coefficient (Wildman–Crippen LogP) is 2.96. The Hall–Kier alpha value is -2.09. The lowest BCUT2D eigenvalue weighted by Crippen LogP contribution is -2.37. The minimum Gasteiger partial charge on any atom is -0.324 e. The highest BCUT2D eigenvalue weighted by molar-refractivity contribution is 7.92. The molecule has 6 nitrogen and oxygen atoms in total. The van der Waals surface area contributed by atoms with Crippen molar-refractivity contribution in [3.05, 3.63) is 53.6 Å². The molecule has 2 aromatic carbocycles. The molecule has 3 rings (SSSR count). The van der Waals surface area contributed by atoms with Gasteiger partial charge in [0.05, 0.1) is 10.4 Å². The smallest absolute Gasteiger partial charge is 0.262 e. The summed E-state index contributed by atoms with van der Waals surface area (Å²) < 4.78 is 28.0. The summed E-state index contributed by atoms with van der Waals surface area (Å²) >= 11 is 0. The number of carbonyl (C=O) groups excluding carboxylic acids is 1. The van der Waals surface area contributed by atoms with E-state index in [1.54, 1.807) is 37.3 Å². The van der Waals surface area contributed by atoms with Crippen LogP contribution in [0.1, 0.15) is 24.0 Å². The second-order valence-electron chi connectivity index (χ2n) is 6.57. The van der Waals surface area contributed by atoms with E-state index in [2.05, 4.69) is 10.0 Å². The lowest BCUT2D eigenvalue weighted by atomic mass is 10.2. The first-order valence-corrected chi connectivity index (χ1v) is 9.48. The first-order chi connectivity index (χ1) is 11.7. The van der Waals surface area contributed by atoms with Gasteiger partial charge < -0.3 is 11.1 Å². The number of aryl methyl sites for hydroxylation is 2. The van der Waals surface area contributed by atoms with Crippen LogP contribution < -0.4 is 15.8 Å². The number of nitrogens with one attached hydrogen (secondary N) is 2. The fourth-order valence-electron chi connectivity index (χ4n) is 2.50. The van der Waals surface area contributed by atoms with Crippen molar-refractivity contribution >= 4 is 39.7 Å². The van der Waals surface area contributed by atoms with Gasteiger partial charge in [-0.1, -0.05) is 18.2 Å². The fourth-order valence-corrected chi connectivity index (χ4v) is 3.82. The molecule has 0 aromatic heterocycles. The lowest BCUT2D eigenvalue weighted by molar-refractivity contribution is -0.118. The van der Waals surface area contributed by atoms with Gasteiger partial charge >= 0.3 is 0 Å². The van der Waals surface area contributed by atoms with E-state index in [4.69, 9.17) is 5.73 Å². The highest BCUT2D eigenvalue weighted by atomic mass is 35.5. The van der Waals surface area contributed by atoms with Gasteiger partial charge in [0, 0.05) is 11.4 Å². The summed E-state index contributed by atoms with van der Waals surface area (Å²) in [4.78, 5) is 12.2. The Morgan fingerprint density at radius 3 is 2.38 bits per heavy atom. The van der Waals surface area contributed by atoms with Crippen molar-refractivity contribution in [3.8, 4) is 0 Å². The molecule has 2 aromatic rings. The van der Waals surface area contributed by atoms with E-state index in [1.165, 1.54) is 6.07 Å². The number of amides is 1. The Bertz CT molecular complexity index is 940. The molecule has 140 valence electrons. The molecular formula is C18H22ClN3O3S. The molecule has 26 heavy (non-hydrogen) atoms. The van der Waals surface area contributed by atoms with Crippen molar-refractivity contribution in [3.63, 3.8) is 0 Å². The highest BCUT2D eigenvalue weighted by Crippen LogP contribution is 2.33. The van der Waals surface area contributed by atoms with Crippen molar-refractivity contribution < 1.29 is 13.2 Å². The number of carbonyl (C=O) groups is 1. The topological polar surface area (TPSA) is 101 Å². The summed E-state index contributed by atoms with van der Waals surface area (Å²) in [5, 5.41) is 2.70. The third kappa shape index (κ3) is 4.35. The van der Waals surface area contributed by atoms with Crippen LogP contribution in [0.25, 0.3) is 0 Å². The van der Waals surface area contributed by atoms with Crippen LogP contribution in [-0.2, 0) is 14.8 Å². The van der Waals surface area contributed by atoms with E-state index >= 15 is 0 Å². The maximum Gasteiger partial charge on any atom is 0.262 e. The summed E-state index contributed by atoms with van der Waals surface area (Å²) in [6, 6.07) is 11.9. The number of rotatable bonds is 5. The zero-order chi connectivity index (χ0) is 18.2. The molecule has 0 unspecified atom stereocenters. The largest absolute Gasteiger partial charge is 0.324 e. The van der Waals surface area contributed by atoms with E-state index in [-0.39, 0.29) is 23.2 Å². The molecule has 0 heterocycles. The molecule has 0 aliphatic heterocycles. The van der Waals surface area contributed by atoms with E-state index in [0.717, 1.165) is 5.56 Å². The predicted molar refractivity (Wildman–Crippen MR) is 105 cm³/mol. The molecule has 1 aliphatic carbocycles. The molecule has 0 spiro atoms. The monoisotopic (exact) mass is 395 g/mol. The quantitative estimate of drug-likeness (QED) is 0.724. The third-order valence-electron chi connectivity index (χ3n) is 4.25. The van der Waals surface area contributed by atoms with Gasteiger partial charge in [0.1, 0.15) is 0 Å². The maximum absolute atomic E-state index is 12.7. The van der Waals surface area contributed by atoms with Gasteiger partial charge in [0.2, 0.25) is 5.91 Å². The lowest BCUT2D eigenvalue weighted by Gasteiger charge is -2.14. The van der Waals surface area contributed by atoms with E-state index in [1.807, 2.05) is 13.0 Å². The standard InChI is InChI=1S/C18H21N3O3S.ClH/c1-12-4-3-5-15(10-12)21-25(23,24)16-11-14(7-6-13(16)2)20-17(22)18(19)8-9-18;/h3-7,10-11,21H,8-9,19H2,1-2H3,(H,20,22);1H. The van der Waals surface area contributed by atoms with Crippen LogP contribution in [0.15, 0.2) is 47.4 Å². The Labute approximate surface area is 159 Å². The molecule has 0 saturated heterocycles. The summed E-state index contributed by atoms with van der Waals surface area (Å²) in [6.45, 7) is 3.60. The second kappa shape index (κ2) is 7.26. The summed E-state index contributed by atoms with van der Waals surface area (Å²) in [6.07, 6.45) is 1.29. The van der Waals surface area contributed by atoms with E-state index < -0.39 is 15.6 Å². The molecule has 0 atom stereocenters. The fraction of sp³-hybridized carbons (Fsp3) is 0.278. The van der Waals surface area contributed by atoms with Crippen molar-refractivity contribution in [2.45, 2.75) is 37.1 Å². The number of hydrogen-bond donors (Lipinski definition) is 3. The molecule has 0 radical (unpaired) electrons. The van der Waals surface area contributed by atoms with Crippen LogP contribution in [0.3, 0.4) is 0 Å². The molecule has 0 bridgehead atoms. The molecule has 4 N–H and O–H groups in total. The number of halogens is 1. The summed E-state index contributed by atoms with van der Waals surface area (Å²) in [7, 11) is -3.77. The van der Waals surface area contributed by atoms with E-state index in [9.17, 15) is 13.2 Å². The van der Waals surface area contributed by atoms with Gasteiger partial charge in [-0.15, -0.1) is 12.4 Å². The van der Waals surface area contributed by atoms with Crippen LogP contribution in [-0.4, -0.2) is 19.9 Å². The van der Waals surface area contributed by atoms with Crippen molar-refractivity contribution in [2.75, 3.05) is 10.0 Å². The van der Waals surface area contributed by atoms with E-state index in [0.29, 0.717) is 29.8 Å². The van der Waals surface area contributed by atoms with Crippen molar-refractivity contribution in [2.24, 2.45) is 5.73 Å². The van der Waals surface area contributed by atoms with Crippen LogP contribution in [0, 0.1) is 13.8 Å². The van der Waals surface area contributed by atoms with Gasteiger partial charge in [-0.2, -0.15) is 0 Å². The Balaban J connectivity index is 0.00000243. The average Bonchev–Trinajstić information content (AvgIpc) is 3.28. The molecule has 1 saturated carbocycles. The first kappa shape index (κ1) is 20.2. The minimum absolute atomic E-state index is 0. The van der Waals surface area contributed by atoms with Gasteiger partial charge in [0.25, 0.3) is 10.0 Å². The highest BCUT2D eigenvalue weighted by Gasteiger charge is 2.46. The molecule has 1 amide bonds. The normalized spacial score (nSPS) is 14.9. The van der Waals surface area contributed by atoms with Crippen LogP contribution >= 0.6 is 12.4 Å².